The molecule has 6 aliphatic rings. The molecule has 256 valence electrons. The van der Waals surface area contributed by atoms with Crippen LogP contribution in [0.15, 0.2) is 81.7 Å². The fraction of sp³-hybridized carbons (Fsp3) is 0.413. The molecule has 0 aliphatic heterocycles. The standard InChI is InChI=1S/C17H23.C17H17.C10H7.CH3.CH2.2ClH.Zr/c1-11-3-4-14(5-11)17(2)15-7-12-6-13(9-15)10-16(17)8-12;1-10-5-14-9-15-6-11(2)13(4)8-17(15)16(14)7-12(10)3;1-2-6-10-8-4-3-7-9(10)5-1;;;;;/h4-5,11-13,15-16H,6-10H2,1-2H3;5,7-8H,9H2,1-4H3;1-3,5-8H;1H3;1H2;2*1H;. The van der Waals surface area contributed by atoms with E-state index in [1.165, 1.54) is 85.1 Å². The molecule has 0 amide bonds. The summed E-state index contributed by atoms with van der Waals surface area (Å²) in [5, 5.41) is 2.67. The van der Waals surface area contributed by atoms with Gasteiger partial charge in [-0.2, -0.15) is 0 Å². The zero-order valence-electron chi connectivity index (χ0n) is 30.6. The van der Waals surface area contributed by atoms with E-state index in [1.807, 2.05) is 0 Å². The van der Waals surface area contributed by atoms with Crippen molar-refractivity contribution in [1.29, 1.82) is 0 Å². The molecule has 4 bridgehead atoms. The Morgan fingerprint density at radius 3 is 2.02 bits per heavy atom. The van der Waals surface area contributed by atoms with Crippen molar-refractivity contribution in [3.05, 3.63) is 115 Å². The summed E-state index contributed by atoms with van der Waals surface area (Å²) < 4.78 is 13.3. The van der Waals surface area contributed by atoms with Crippen LogP contribution >= 0.6 is 24.8 Å². The van der Waals surface area contributed by atoms with Gasteiger partial charge in [-0.25, -0.2) is 0 Å². The van der Waals surface area contributed by atoms with Crippen molar-refractivity contribution in [2.45, 2.75) is 84.7 Å². The summed E-state index contributed by atoms with van der Waals surface area (Å²) in [4.78, 5) is 0. The maximum atomic E-state index is 5.76. The van der Waals surface area contributed by atoms with E-state index in [0.29, 0.717) is 11.3 Å². The Kier molecular flexibility index (Phi) is 8.47. The molecule has 0 aromatic heterocycles. The summed E-state index contributed by atoms with van der Waals surface area (Å²) >= 11 is -4.52. The SMILES string of the molecule is Cl.Cl.[CH2]=[Zr]([CH3])([C]1=CC(C2(C)C3CC4CC(C3)CC2C4)=CC1C)([c]1ccc2ccccc2c1)[c]1c(C)c(C)cc2c1Cc1cc(C)c(C)cc1-2. The zero-order valence-corrected chi connectivity index (χ0v) is 34.7. The summed E-state index contributed by atoms with van der Waals surface area (Å²) in [5.41, 5.74) is 13.7. The van der Waals surface area contributed by atoms with Crippen LogP contribution in [0.1, 0.15) is 79.3 Å². The van der Waals surface area contributed by atoms with Gasteiger partial charge in [-0.15, -0.1) is 24.8 Å². The Labute approximate surface area is 308 Å². The number of halogens is 2. The third kappa shape index (κ3) is 4.80. The summed E-state index contributed by atoms with van der Waals surface area (Å²) in [6, 6.07) is 23.9. The van der Waals surface area contributed by atoms with Crippen molar-refractivity contribution in [3.8, 4) is 11.1 Å². The predicted octanol–water partition coefficient (Wildman–Crippen LogP) is 11.5. The van der Waals surface area contributed by atoms with Gasteiger partial charge in [0, 0.05) is 0 Å². The van der Waals surface area contributed by atoms with Gasteiger partial charge in [0.2, 0.25) is 0 Å². The third-order valence-electron chi connectivity index (χ3n) is 15.0. The van der Waals surface area contributed by atoms with Crippen LogP contribution < -0.4 is 6.54 Å². The van der Waals surface area contributed by atoms with E-state index in [1.54, 1.807) is 17.7 Å². The molecule has 0 saturated heterocycles. The second kappa shape index (κ2) is 11.7. The molecule has 3 heteroatoms. The number of rotatable bonds is 4. The second-order valence-electron chi connectivity index (χ2n) is 17.7. The molecule has 0 radical (unpaired) electrons. The first-order chi connectivity index (χ1) is 22.4. The number of allylic oxidation sites excluding steroid dienone is 4. The molecular formula is C46H54Cl2Zr. The average Bonchev–Trinajstić information content (AvgIpc) is 3.60. The van der Waals surface area contributed by atoms with Crippen molar-refractivity contribution < 1.29 is 18.3 Å². The van der Waals surface area contributed by atoms with E-state index >= 15 is 0 Å². The monoisotopic (exact) mass is 766 g/mol. The van der Waals surface area contributed by atoms with Crippen LogP contribution in [0.4, 0.5) is 0 Å². The molecule has 4 saturated carbocycles. The Morgan fingerprint density at radius 1 is 0.735 bits per heavy atom. The summed E-state index contributed by atoms with van der Waals surface area (Å²) in [7, 11) is 0. The number of benzene rings is 4. The Bertz CT molecular complexity index is 2150. The van der Waals surface area contributed by atoms with Crippen LogP contribution in [0.3, 0.4) is 0 Å². The topological polar surface area (TPSA) is 0 Å². The predicted molar refractivity (Wildman–Crippen MR) is 215 cm³/mol. The van der Waals surface area contributed by atoms with Crippen molar-refractivity contribution >= 4 is 46.3 Å². The fourth-order valence-corrected chi connectivity index (χ4v) is 27.3. The Balaban J connectivity index is 0.00000189. The minimum absolute atomic E-state index is 0. The molecular weight excluding hydrogens is 715 g/mol. The molecule has 0 heterocycles. The maximum absolute atomic E-state index is 5.76. The van der Waals surface area contributed by atoms with E-state index < -0.39 is 18.3 Å². The molecule has 6 aliphatic carbocycles. The van der Waals surface area contributed by atoms with Crippen LogP contribution in [0.2, 0.25) is 4.63 Å². The fourth-order valence-electron chi connectivity index (χ4n) is 12.3. The minimum atomic E-state index is -4.52. The Hall–Kier alpha value is -2.05. The van der Waals surface area contributed by atoms with Crippen LogP contribution in [-0.2, 0) is 24.7 Å². The number of hydrogen-bond acceptors (Lipinski definition) is 0. The van der Waals surface area contributed by atoms with Gasteiger partial charge >= 0.3 is 286 Å². The van der Waals surface area contributed by atoms with Crippen molar-refractivity contribution in [3.63, 3.8) is 0 Å². The molecule has 4 aromatic rings. The van der Waals surface area contributed by atoms with E-state index in [2.05, 4.69) is 119 Å². The number of fused-ring (bicyclic) bond motifs is 4. The van der Waals surface area contributed by atoms with Gasteiger partial charge in [0.05, 0.1) is 0 Å². The third-order valence-corrected chi connectivity index (χ3v) is 29.9. The van der Waals surface area contributed by atoms with Gasteiger partial charge in [0.15, 0.2) is 0 Å². The number of hydrogen-bond donors (Lipinski definition) is 0. The molecule has 49 heavy (non-hydrogen) atoms. The van der Waals surface area contributed by atoms with E-state index in [0.717, 1.165) is 30.1 Å². The van der Waals surface area contributed by atoms with E-state index in [-0.39, 0.29) is 24.8 Å². The molecule has 1 atom stereocenters. The van der Waals surface area contributed by atoms with Crippen LogP contribution in [0.25, 0.3) is 21.9 Å². The van der Waals surface area contributed by atoms with Gasteiger partial charge < -0.3 is 0 Å². The zero-order chi connectivity index (χ0) is 32.6. The first kappa shape index (κ1) is 35.4. The van der Waals surface area contributed by atoms with Gasteiger partial charge in [0.1, 0.15) is 0 Å². The van der Waals surface area contributed by atoms with Gasteiger partial charge in [-0.05, 0) is 0 Å². The van der Waals surface area contributed by atoms with Crippen LogP contribution in [0, 0.1) is 62.7 Å². The molecule has 0 nitrogen and oxygen atoms in total. The average molecular weight is 769 g/mol. The summed E-state index contributed by atoms with van der Waals surface area (Å²) in [6.07, 6.45) is 13.9. The number of aryl methyl sites for hydroxylation is 3. The second-order valence-corrected chi connectivity index (χ2v) is 31.6. The first-order valence-electron chi connectivity index (χ1n) is 18.6. The Morgan fingerprint density at radius 2 is 1.35 bits per heavy atom. The van der Waals surface area contributed by atoms with Gasteiger partial charge in [-0.1, -0.05) is 0 Å². The van der Waals surface area contributed by atoms with Crippen molar-refractivity contribution in [2.24, 2.45) is 35.0 Å². The molecule has 4 aromatic carbocycles. The van der Waals surface area contributed by atoms with Gasteiger partial charge in [0.25, 0.3) is 0 Å². The van der Waals surface area contributed by atoms with E-state index in [9.17, 15) is 0 Å². The van der Waals surface area contributed by atoms with Crippen LogP contribution in [-0.4, -0.2) is 4.21 Å². The normalized spacial score (nSPS) is 28.0. The molecule has 1 unspecified atom stereocenters. The first-order valence-corrected chi connectivity index (χ1v) is 26.5. The molecule has 0 N–H and O–H groups in total. The molecule has 4 fully saturated rings. The summed E-state index contributed by atoms with van der Waals surface area (Å²) in [6.45, 7) is 14.6. The van der Waals surface area contributed by atoms with Gasteiger partial charge in [-0.3, -0.25) is 0 Å². The summed E-state index contributed by atoms with van der Waals surface area (Å²) in [5.74, 6) is 4.08. The quantitative estimate of drug-likeness (QED) is 0.171. The van der Waals surface area contributed by atoms with Crippen molar-refractivity contribution in [2.75, 3.05) is 0 Å². The molecule has 10 rings (SSSR count). The van der Waals surface area contributed by atoms with Crippen LogP contribution in [0.5, 0.6) is 0 Å². The van der Waals surface area contributed by atoms with E-state index in [4.69, 9.17) is 4.21 Å². The van der Waals surface area contributed by atoms with Crippen molar-refractivity contribution in [1.82, 2.24) is 0 Å². The molecule has 0 spiro atoms.